The molecule has 96 valence electrons. The molecule has 2 rings (SSSR count). The number of benzene rings is 1. The van der Waals surface area contributed by atoms with Crippen molar-refractivity contribution >= 4 is 11.3 Å². The second-order valence-corrected chi connectivity index (χ2v) is 4.72. The first kappa shape index (κ1) is 13.0. The number of nitrogens with two attached hydrogens (primary N) is 1. The van der Waals surface area contributed by atoms with E-state index in [0.29, 0.717) is 19.8 Å². The third-order valence-electron chi connectivity index (χ3n) is 2.45. The Morgan fingerprint density at radius 2 is 2.00 bits per heavy atom. The predicted molar refractivity (Wildman–Crippen MR) is 71.5 cm³/mol. The minimum atomic E-state index is 0.489. The summed E-state index contributed by atoms with van der Waals surface area (Å²) in [7, 11) is 1.66. The fourth-order valence-corrected chi connectivity index (χ4v) is 2.16. The highest BCUT2D eigenvalue weighted by Crippen LogP contribution is 2.14. The van der Waals surface area contributed by atoms with Gasteiger partial charge in [-0.25, -0.2) is 4.98 Å². The van der Waals surface area contributed by atoms with Crippen LogP contribution in [0.4, 0.5) is 0 Å². The van der Waals surface area contributed by atoms with E-state index in [1.165, 1.54) is 0 Å². The summed E-state index contributed by atoms with van der Waals surface area (Å²) in [6.07, 6.45) is 0. The molecule has 0 aliphatic rings. The maximum Gasteiger partial charge on any atom is 0.118 e. The minimum Gasteiger partial charge on any atom is -0.497 e. The van der Waals surface area contributed by atoms with Gasteiger partial charge in [0.2, 0.25) is 0 Å². The van der Waals surface area contributed by atoms with Crippen LogP contribution in [-0.4, -0.2) is 12.1 Å². The molecule has 0 unspecified atom stereocenters. The molecule has 1 aromatic carbocycles. The van der Waals surface area contributed by atoms with Gasteiger partial charge in [-0.05, 0) is 17.7 Å². The van der Waals surface area contributed by atoms with E-state index in [0.717, 1.165) is 22.0 Å². The molecule has 0 atom stereocenters. The van der Waals surface area contributed by atoms with Crippen molar-refractivity contribution in [3.63, 3.8) is 0 Å². The summed E-state index contributed by atoms with van der Waals surface area (Å²) in [5.41, 5.74) is 7.56. The van der Waals surface area contributed by atoms with Crippen LogP contribution in [0.25, 0.3) is 0 Å². The Labute approximate surface area is 110 Å². The molecule has 1 aromatic heterocycles. The summed E-state index contributed by atoms with van der Waals surface area (Å²) in [5.74, 6) is 0.853. The van der Waals surface area contributed by atoms with Gasteiger partial charge in [-0.3, -0.25) is 0 Å². The van der Waals surface area contributed by atoms with Crippen LogP contribution in [0.2, 0.25) is 0 Å². The second-order valence-electron chi connectivity index (χ2n) is 3.78. The molecule has 0 bridgehead atoms. The molecule has 18 heavy (non-hydrogen) atoms. The van der Waals surface area contributed by atoms with Gasteiger partial charge in [-0.2, -0.15) is 0 Å². The Bertz CT molecular complexity index is 482. The van der Waals surface area contributed by atoms with Gasteiger partial charge in [0.15, 0.2) is 0 Å². The molecular weight excluding hydrogens is 248 g/mol. The fraction of sp³-hybridized carbons (Fsp3) is 0.308. The second kappa shape index (κ2) is 6.49. The zero-order valence-corrected chi connectivity index (χ0v) is 11.1. The average molecular weight is 264 g/mol. The first-order chi connectivity index (χ1) is 8.81. The van der Waals surface area contributed by atoms with Crippen LogP contribution in [0.1, 0.15) is 16.3 Å². The van der Waals surface area contributed by atoms with Gasteiger partial charge in [-0.15, -0.1) is 11.3 Å². The van der Waals surface area contributed by atoms with E-state index >= 15 is 0 Å². The molecule has 0 radical (unpaired) electrons. The van der Waals surface area contributed by atoms with Crippen molar-refractivity contribution in [3.05, 3.63) is 45.9 Å². The SMILES string of the molecule is COc1ccc(COCc2csc(CN)n2)cc1. The van der Waals surface area contributed by atoms with E-state index in [1.54, 1.807) is 18.4 Å². The zero-order valence-electron chi connectivity index (χ0n) is 10.3. The number of rotatable bonds is 6. The summed E-state index contributed by atoms with van der Waals surface area (Å²) in [6.45, 7) is 1.57. The fourth-order valence-electron chi connectivity index (χ4n) is 1.50. The van der Waals surface area contributed by atoms with Gasteiger partial charge in [0.05, 0.1) is 26.0 Å². The number of hydrogen-bond acceptors (Lipinski definition) is 5. The molecule has 5 heteroatoms. The maximum atomic E-state index is 5.60. The summed E-state index contributed by atoms with van der Waals surface area (Å²) in [6, 6.07) is 7.83. The third kappa shape index (κ3) is 3.53. The van der Waals surface area contributed by atoms with Gasteiger partial charge >= 0.3 is 0 Å². The van der Waals surface area contributed by atoms with Gasteiger partial charge in [-0.1, -0.05) is 12.1 Å². The van der Waals surface area contributed by atoms with E-state index in [9.17, 15) is 0 Å². The lowest BCUT2D eigenvalue weighted by molar-refractivity contribution is 0.105. The highest BCUT2D eigenvalue weighted by Gasteiger charge is 2.01. The van der Waals surface area contributed by atoms with Crippen LogP contribution in [-0.2, 0) is 24.5 Å². The molecule has 2 aromatic rings. The summed E-state index contributed by atoms with van der Waals surface area (Å²) in [5, 5.41) is 2.92. The molecule has 0 saturated heterocycles. The van der Waals surface area contributed by atoms with Gasteiger partial charge in [0, 0.05) is 11.9 Å². The Kier molecular flexibility index (Phi) is 4.69. The van der Waals surface area contributed by atoms with Crippen LogP contribution in [0, 0.1) is 0 Å². The van der Waals surface area contributed by atoms with Gasteiger partial charge < -0.3 is 15.2 Å². The molecule has 0 amide bonds. The van der Waals surface area contributed by atoms with Crippen LogP contribution in [0.5, 0.6) is 5.75 Å². The van der Waals surface area contributed by atoms with Crippen molar-refractivity contribution in [2.75, 3.05) is 7.11 Å². The van der Waals surface area contributed by atoms with Crippen LogP contribution in [0.3, 0.4) is 0 Å². The Morgan fingerprint density at radius 1 is 1.22 bits per heavy atom. The molecule has 0 spiro atoms. The number of aromatic nitrogens is 1. The normalized spacial score (nSPS) is 10.6. The Balaban J connectivity index is 1.80. The topological polar surface area (TPSA) is 57.4 Å². The van der Waals surface area contributed by atoms with Crippen LogP contribution < -0.4 is 10.5 Å². The van der Waals surface area contributed by atoms with E-state index in [1.807, 2.05) is 29.6 Å². The molecule has 4 nitrogen and oxygen atoms in total. The van der Waals surface area contributed by atoms with Crippen molar-refractivity contribution in [3.8, 4) is 5.75 Å². The van der Waals surface area contributed by atoms with Crippen molar-refractivity contribution in [1.29, 1.82) is 0 Å². The molecule has 0 fully saturated rings. The van der Waals surface area contributed by atoms with E-state index in [2.05, 4.69) is 4.98 Å². The largest absolute Gasteiger partial charge is 0.497 e. The van der Waals surface area contributed by atoms with Crippen LogP contribution in [0.15, 0.2) is 29.6 Å². The highest BCUT2D eigenvalue weighted by molar-refractivity contribution is 7.09. The maximum absolute atomic E-state index is 5.60. The highest BCUT2D eigenvalue weighted by atomic mass is 32.1. The minimum absolute atomic E-state index is 0.489. The standard InChI is InChI=1S/C13H16N2O2S/c1-16-12-4-2-10(3-5-12)7-17-8-11-9-18-13(6-14)15-11/h2-5,9H,6-8,14H2,1H3. The lowest BCUT2D eigenvalue weighted by atomic mass is 10.2. The molecule has 2 N–H and O–H groups in total. The molecule has 1 heterocycles. The first-order valence-corrected chi connectivity index (χ1v) is 6.54. The number of ether oxygens (including phenoxy) is 2. The number of thiazole rings is 1. The summed E-state index contributed by atoms with van der Waals surface area (Å²) < 4.78 is 10.7. The molecule has 0 saturated carbocycles. The molecule has 0 aliphatic carbocycles. The van der Waals surface area contributed by atoms with E-state index in [-0.39, 0.29) is 0 Å². The molecule has 0 aliphatic heterocycles. The Hall–Kier alpha value is -1.43. The van der Waals surface area contributed by atoms with E-state index < -0.39 is 0 Å². The van der Waals surface area contributed by atoms with Gasteiger partial charge in [0.1, 0.15) is 10.8 Å². The first-order valence-electron chi connectivity index (χ1n) is 5.66. The Morgan fingerprint density at radius 3 is 2.61 bits per heavy atom. The predicted octanol–water partition coefficient (Wildman–Crippen LogP) is 2.33. The lowest BCUT2D eigenvalue weighted by Crippen LogP contribution is -1.97. The van der Waals surface area contributed by atoms with Crippen molar-refractivity contribution in [2.45, 2.75) is 19.8 Å². The monoisotopic (exact) mass is 264 g/mol. The lowest BCUT2D eigenvalue weighted by Gasteiger charge is -2.04. The summed E-state index contributed by atoms with van der Waals surface area (Å²) >= 11 is 1.57. The smallest absolute Gasteiger partial charge is 0.118 e. The number of hydrogen-bond donors (Lipinski definition) is 1. The third-order valence-corrected chi connectivity index (χ3v) is 3.37. The van der Waals surface area contributed by atoms with Crippen LogP contribution >= 0.6 is 11.3 Å². The number of methoxy groups -OCH3 is 1. The van der Waals surface area contributed by atoms with Crippen molar-refractivity contribution in [1.82, 2.24) is 4.98 Å². The molecular formula is C13H16N2O2S. The zero-order chi connectivity index (χ0) is 12.8. The van der Waals surface area contributed by atoms with E-state index in [4.69, 9.17) is 15.2 Å². The van der Waals surface area contributed by atoms with Gasteiger partial charge in [0.25, 0.3) is 0 Å². The van der Waals surface area contributed by atoms with Crippen molar-refractivity contribution < 1.29 is 9.47 Å². The number of nitrogens with zero attached hydrogens (tertiary/aromatic N) is 1. The van der Waals surface area contributed by atoms with Crippen molar-refractivity contribution in [2.24, 2.45) is 5.73 Å². The average Bonchev–Trinajstić information content (AvgIpc) is 2.87. The summed E-state index contributed by atoms with van der Waals surface area (Å²) in [4.78, 5) is 4.34. The quantitative estimate of drug-likeness (QED) is 0.870.